The maximum absolute atomic E-state index is 5.82. The minimum atomic E-state index is 0.559. The second-order valence-electron chi connectivity index (χ2n) is 6.48. The number of hydrogen-bond donors (Lipinski definition) is 0. The average Bonchev–Trinajstić information content (AvgIpc) is 3.25. The first kappa shape index (κ1) is 15.3. The van der Waals surface area contributed by atoms with Crippen molar-refractivity contribution in [3.8, 4) is 0 Å². The summed E-state index contributed by atoms with van der Waals surface area (Å²) in [6, 6.07) is 8.52. The van der Waals surface area contributed by atoms with Crippen LogP contribution in [0.3, 0.4) is 0 Å². The SMILES string of the molecule is c1ccc2oc(CCCN3CCCC[C@@H]3Cn3cncn3)nc2c1. The third kappa shape index (κ3) is 3.48. The molecule has 4 rings (SSSR count). The van der Waals surface area contributed by atoms with Gasteiger partial charge in [-0.15, -0.1) is 0 Å². The van der Waals surface area contributed by atoms with Crippen LogP contribution in [0.25, 0.3) is 11.1 Å². The van der Waals surface area contributed by atoms with Crippen LogP contribution < -0.4 is 0 Å². The lowest BCUT2D eigenvalue weighted by molar-refractivity contribution is 0.127. The number of fused-ring (bicyclic) bond motifs is 1. The summed E-state index contributed by atoms with van der Waals surface area (Å²) in [5, 5.41) is 4.25. The monoisotopic (exact) mass is 325 g/mol. The van der Waals surface area contributed by atoms with Gasteiger partial charge in [-0.25, -0.2) is 9.97 Å². The number of benzene rings is 1. The van der Waals surface area contributed by atoms with Crippen molar-refractivity contribution < 1.29 is 4.42 Å². The Balaban J connectivity index is 1.33. The number of aromatic nitrogens is 4. The molecular weight excluding hydrogens is 302 g/mol. The maximum atomic E-state index is 5.82. The number of nitrogens with zero attached hydrogens (tertiary/aromatic N) is 5. The largest absolute Gasteiger partial charge is 0.441 e. The number of aryl methyl sites for hydroxylation is 1. The van der Waals surface area contributed by atoms with Gasteiger partial charge in [0.1, 0.15) is 18.2 Å². The van der Waals surface area contributed by atoms with Gasteiger partial charge in [0.05, 0.1) is 6.54 Å². The van der Waals surface area contributed by atoms with Crippen molar-refractivity contribution in [2.24, 2.45) is 0 Å². The smallest absolute Gasteiger partial charge is 0.195 e. The first-order valence-corrected chi connectivity index (χ1v) is 8.79. The molecule has 1 atom stereocenters. The molecule has 1 aliphatic rings. The topological polar surface area (TPSA) is 60.0 Å². The molecule has 0 bridgehead atoms. The molecule has 126 valence electrons. The highest BCUT2D eigenvalue weighted by Crippen LogP contribution is 2.20. The van der Waals surface area contributed by atoms with Crippen LogP contribution in [0.5, 0.6) is 0 Å². The summed E-state index contributed by atoms with van der Waals surface area (Å²) in [7, 11) is 0. The van der Waals surface area contributed by atoms with E-state index in [0.717, 1.165) is 42.9 Å². The van der Waals surface area contributed by atoms with E-state index in [4.69, 9.17) is 4.42 Å². The van der Waals surface area contributed by atoms with Crippen molar-refractivity contribution in [2.75, 3.05) is 13.1 Å². The van der Waals surface area contributed by atoms with Gasteiger partial charge in [0.15, 0.2) is 11.5 Å². The number of hydrogen-bond acceptors (Lipinski definition) is 5. The van der Waals surface area contributed by atoms with Crippen molar-refractivity contribution >= 4 is 11.1 Å². The third-order valence-corrected chi connectivity index (χ3v) is 4.79. The zero-order valence-corrected chi connectivity index (χ0v) is 13.8. The molecule has 0 unspecified atom stereocenters. The van der Waals surface area contributed by atoms with Gasteiger partial charge >= 0.3 is 0 Å². The van der Waals surface area contributed by atoms with Crippen LogP contribution >= 0.6 is 0 Å². The predicted octanol–water partition coefficient (Wildman–Crippen LogP) is 2.91. The second-order valence-corrected chi connectivity index (χ2v) is 6.48. The van der Waals surface area contributed by atoms with E-state index in [1.54, 1.807) is 6.33 Å². The van der Waals surface area contributed by atoms with Crippen molar-refractivity contribution in [3.05, 3.63) is 42.8 Å². The van der Waals surface area contributed by atoms with Crippen LogP contribution in [0.4, 0.5) is 0 Å². The molecule has 1 aromatic carbocycles. The van der Waals surface area contributed by atoms with E-state index in [0.29, 0.717) is 6.04 Å². The number of oxazole rings is 1. The summed E-state index contributed by atoms with van der Waals surface area (Å²) in [4.78, 5) is 11.2. The van der Waals surface area contributed by atoms with Crippen LogP contribution in [-0.2, 0) is 13.0 Å². The van der Waals surface area contributed by atoms with Gasteiger partial charge < -0.3 is 4.42 Å². The van der Waals surface area contributed by atoms with Gasteiger partial charge in [-0.3, -0.25) is 9.58 Å². The van der Waals surface area contributed by atoms with Crippen LogP contribution in [0.2, 0.25) is 0 Å². The number of para-hydroxylation sites is 2. The molecule has 0 aliphatic carbocycles. The maximum Gasteiger partial charge on any atom is 0.195 e. The Labute approximate surface area is 141 Å². The fourth-order valence-corrected chi connectivity index (χ4v) is 3.56. The highest BCUT2D eigenvalue weighted by atomic mass is 16.3. The Morgan fingerprint density at radius 2 is 2.17 bits per heavy atom. The molecule has 3 aromatic rings. The summed E-state index contributed by atoms with van der Waals surface area (Å²) in [5.74, 6) is 0.848. The van der Waals surface area contributed by atoms with E-state index in [1.165, 1.54) is 25.8 Å². The number of piperidine rings is 1. The molecule has 1 fully saturated rings. The molecule has 1 saturated heterocycles. The molecule has 0 N–H and O–H groups in total. The third-order valence-electron chi connectivity index (χ3n) is 4.79. The summed E-state index contributed by atoms with van der Waals surface area (Å²) in [5.41, 5.74) is 1.84. The van der Waals surface area contributed by atoms with E-state index in [1.807, 2.05) is 35.3 Å². The molecule has 0 radical (unpaired) electrons. The molecule has 2 aromatic heterocycles. The molecule has 24 heavy (non-hydrogen) atoms. The van der Waals surface area contributed by atoms with Gasteiger partial charge in [0, 0.05) is 12.5 Å². The van der Waals surface area contributed by atoms with Gasteiger partial charge in [-0.2, -0.15) is 5.10 Å². The highest BCUT2D eigenvalue weighted by molar-refractivity contribution is 5.72. The molecule has 6 nitrogen and oxygen atoms in total. The van der Waals surface area contributed by atoms with Gasteiger partial charge in [-0.1, -0.05) is 18.6 Å². The Hall–Kier alpha value is -2.21. The Kier molecular flexibility index (Phi) is 4.55. The molecule has 1 aliphatic heterocycles. The molecule has 0 saturated carbocycles. The van der Waals surface area contributed by atoms with Gasteiger partial charge in [-0.05, 0) is 44.5 Å². The quantitative estimate of drug-likeness (QED) is 0.697. The van der Waals surface area contributed by atoms with Crippen molar-refractivity contribution in [1.29, 1.82) is 0 Å². The lowest BCUT2D eigenvalue weighted by Crippen LogP contribution is -2.42. The minimum Gasteiger partial charge on any atom is -0.441 e. The van der Waals surface area contributed by atoms with Crippen LogP contribution in [0, 0.1) is 0 Å². The molecule has 0 spiro atoms. The van der Waals surface area contributed by atoms with E-state index < -0.39 is 0 Å². The van der Waals surface area contributed by atoms with Crippen LogP contribution in [0.15, 0.2) is 41.3 Å². The van der Waals surface area contributed by atoms with E-state index in [2.05, 4.69) is 20.0 Å². The second kappa shape index (κ2) is 7.13. The van der Waals surface area contributed by atoms with Crippen LogP contribution in [-0.4, -0.2) is 43.8 Å². The molecule has 6 heteroatoms. The standard InChI is InChI=1S/C18H23N5O/c1-2-8-17-16(7-1)21-18(24-17)9-5-11-22-10-4-3-6-15(22)12-23-14-19-13-20-23/h1-2,7-8,13-15H,3-6,9-12H2/t15-/m1/s1. The summed E-state index contributed by atoms with van der Waals surface area (Å²) >= 11 is 0. The zero-order valence-electron chi connectivity index (χ0n) is 13.8. The molecule has 3 heterocycles. The summed E-state index contributed by atoms with van der Waals surface area (Å²) in [6.07, 6.45) is 9.22. The van der Waals surface area contributed by atoms with Gasteiger partial charge in [0.25, 0.3) is 0 Å². The zero-order chi connectivity index (χ0) is 16.2. The highest BCUT2D eigenvalue weighted by Gasteiger charge is 2.22. The van der Waals surface area contributed by atoms with E-state index in [-0.39, 0.29) is 0 Å². The van der Waals surface area contributed by atoms with E-state index in [9.17, 15) is 0 Å². The number of likely N-dealkylation sites (tertiary alicyclic amines) is 1. The summed E-state index contributed by atoms with van der Waals surface area (Å²) in [6.45, 7) is 3.19. The fourth-order valence-electron chi connectivity index (χ4n) is 3.56. The lowest BCUT2D eigenvalue weighted by Gasteiger charge is -2.35. The minimum absolute atomic E-state index is 0.559. The fraction of sp³-hybridized carbons (Fsp3) is 0.500. The Bertz CT molecular complexity index is 734. The number of rotatable bonds is 6. The Morgan fingerprint density at radius 3 is 3.04 bits per heavy atom. The normalized spacial score (nSPS) is 19.1. The van der Waals surface area contributed by atoms with Crippen LogP contribution in [0.1, 0.15) is 31.6 Å². The first-order chi connectivity index (χ1) is 11.9. The Morgan fingerprint density at radius 1 is 1.21 bits per heavy atom. The predicted molar refractivity (Wildman–Crippen MR) is 91.6 cm³/mol. The van der Waals surface area contributed by atoms with Crippen molar-refractivity contribution in [2.45, 2.75) is 44.7 Å². The van der Waals surface area contributed by atoms with Crippen molar-refractivity contribution in [3.63, 3.8) is 0 Å². The van der Waals surface area contributed by atoms with E-state index >= 15 is 0 Å². The first-order valence-electron chi connectivity index (χ1n) is 8.79. The lowest BCUT2D eigenvalue weighted by atomic mass is 10.0. The molecule has 0 amide bonds. The molecular formula is C18H23N5O. The summed E-state index contributed by atoms with van der Waals surface area (Å²) < 4.78 is 7.77. The average molecular weight is 325 g/mol. The van der Waals surface area contributed by atoms with Crippen molar-refractivity contribution in [1.82, 2.24) is 24.6 Å². The van der Waals surface area contributed by atoms with Gasteiger partial charge in [0.2, 0.25) is 0 Å².